The first kappa shape index (κ1) is 15.4. The van der Waals surface area contributed by atoms with Crippen molar-refractivity contribution in [3.05, 3.63) is 34.9 Å². The van der Waals surface area contributed by atoms with E-state index in [2.05, 4.69) is 16.4 Å². The van der Waals surface area contributed by atoms with Gasteiger partial charge in [0.15, 0.2) is 5.84 Å². The summed E-state index contributed by atoms with van der Waals surface area (Å²) in [6.07, 6.45) is 5.18. The number of hydrogen-bond donors (Lipinski definition) is 3. The van der Waals surface area contributed by atoms with E-state index in [1.807, 2.05) is 25.1 Å². The van der Waals surface area contributed by atoms with Gasteiger partial charge in [0.1, 0.15) is 0 Å². The summed E-state index contributed by atoms with van der Waals surface area (Å²) < 4.78 is 0. The highest BCUT2D eigenvalue weighted by atomic mass is 32.2. The van der Waals surface area contributed by atoms with Gasteiger partial charge in [-0.25, -0.2) is 0 Å². The predicted molar refractivity (Wildman–Crippen MR) is 81.6 cm³/mol. The van der Waals surface area contributed by atoms with Gasteiger partial charge in [-0.1, -0.05) is 23.2 Å². The van der Waals surface area contributed by atoms with E-state index in [9.17, 15) is 0 Å². The van der Waals surface area contributed by atoms with Gasteiger partial charge in [-0.2, -0.15) is 0 Å². The van der Waals surface area contributed by atoms with E-state index in [4.69, 9.17) is 17.4 Å². The zero-order valence-corrected chi connectivity index (χ0v) is 11.8. The highest BCUT2D eigenvalue weighted by molar-refractivity contribution is 7.99. The Bertz CT molecular complexity index is 480. The lowest BCUT2D eigenvalue weighted by Crippen LogP contribution is -2.18. The Labute approximate surface area is 118 Å². The molecule has 0 aromatic heterocycles. The van der Waals surface area contributed by atoms with Gasteiger partial charge in [0.05, 0.1) is 5.75 Å². The summed E-state index contributed by atoms with van der Waals surface area (Å²) in [4.78, 5) is 0. The van der Waals surface area contributed by atoms with Crippen LogP contribution in [0.5, 0.6) is 0 Å². The van der Waals surface area contributed by atoms with Crippen molar-refractivity contribution in [2.75, 3.05) is 18.1 Å². The van der Waals surface area contributed by atoms with Crippen molar-refractivity contribution in [2.45, 2.75) is 13.5 Å². The number of terminal acetylenes is 1. The Kier molecular flexibility index (Phi) is 6.86. The summed E-state index contributed by atoms with van der Waals surface area (Å²) >= 11 is 1.74. The molecule has 19 heavy (non-hydrogen) atoms. The second kappa shape index (κ2) is 8.46. The monoisotopic (exact) mass is 277 g/mol. The van der Waals surface area contributed by atoms with Crippen LogP contribution >= 0.6 is 11.8 Å². The molecule has 0 radical (unpaired) electrons. The molecule has 102 valence electrons. The number of nitrogens with two attached hydrogens (primary N) is 1. The van der Waals surface area contributed by atoms with Gasteiger partial charge in [-0.05, 0) is 24.1 Å². The maximum atomic E-state index is 8.63. The lowest BCUT2D eigenvalue weighted by molar-refractivity contribution is 0.318. The van der Waals surface area contributed by atoms with Gasteiger partial charge in [0, 0.05) is 24.4 Å². The lowest BCUT2D eigenvalue weighted by Gasteiger charge is -2.09. The largest absolute Gasteiger partial charge is 0.409 e. The molecule has 0 aliphatic carbocycles. The van der Waals surface area contributed by atoms with Crippen LogP contribution in [0, 0.1) is 19.3 Å². The summed E-state index contributed by atoms with van der Waals surface area (Å²) in [7, 11) is 0. The molecule has 0 amide bonds. The first-order chi connectivity index (χ1) is 9.19. The molecule has 0 spiro atoms. The molecule has 0 heterocycles. The molecular weight excluding hydrogens is 258 g/mol. The highest BCUT2D eigenvalue weighted by Crippen LogP contribution is 2.11. The van der Waals surface area contributed by atoms with Crippen molar-refractivity contribution in [3.63, 3.8) is 0 Å². The molecule has 1 rings (SSSR count). The van der Waals surface area contributed by atoms with Crippen LogP contribution in [0.4, 0.5) is 0 Å². The summed E-state index contributed by atoms with van der Waals surface area (Å²) in [6, 6.07) is 5.76. The number of rotatable bonds is 7. The summed E-state index contributed by atoms with van der Waals surface area (Å²) in [5, 5.41) is 15.0. The molecule has 4 N–H and O–H groups in total. The molecular formula is C14H19N3OS. The fourth-order valence-electron chi connectivity index (χ4n) is 1.61. The average molecular weight is 277 g/mol. The fraction of sp³-hybridized carbons (Fsp3) is 0.357. The minimum atomic E-state index is 0.133. The van der Waals surface area contributed by atoms with E-state index < -0.39 is 0 Å². The maximum absolute atomic E-state index is 8.63. The van der Waals surface area contributed by atoms with Crippen molar-refractivity contribution in [1.29, 1.82) is 0 Å². The SMILES string of the molecule is C#CCSCCNCc1ccc(/C(N)=N/O)cc1C. The van der Waals surface area contributed by atoms with Crippen molar-refractivity contribution < 1.29 is 5.21 Å². The fourth-order valence-corrected chi connectivity index (χ4v) is 2.16. The Balaban J connectivity index is 2.45. The zero-order chi connectivity index (χ0) is 14.1. The number of amidine groups is 1. The van der Waals surface area contributed by atoms with E-state index in [1.54, 1.807) is 11.8 Å². The lowest BCUT2D eigenvalue weighted by atomic mass is 10.0. The molecule has 0 fully saturated rings. The first-order valence-corrected chi connectivity index (χ1v) is 7.14. The Morgan fingerprint density at radius 1 is 1.58 bits per heavy atom. The second-order valence-electron chi connectivity index (χ2n) is 4.06. The Hall–Kier alpha value is -1.64. The van der Waals surface area contributed by atoms with Gasteiger partial charge < -0.3 is 16.3 Å². The van der Waals surface area contributed by atoms with Crippen molar-refractivity contribution in [2.24, 2.45) is 10.9 Å². The summed E-state index contributed by atoms with van der Waals surface area (Å²) in [5.74, 6) is 4.50. The molecule has 0 unspecified atom stereocenters. The molecule has 0 bridgehead atoms. The Morgan fingerprint density at radius 3 is 3.00 bits per heavy atom. The highest BCUT2D eigenvalue weighted by Gasteiger charge is 2.03. The number of hydrogen-bond acceptors (Lipinski definition) is 4. The topological polar surface area (TPSA) is 70.6 Å². The quantitative estimate of drug-likeness (QED) is 0.177. The standard InChI is InChI=1S/C14H19N3OS/c1-3-7-19-8-6-16-10-13-5-4-12(9-11(13)2)14(15)17-18/h1,4-5,9,16,18H,6-8,10H2,2H3,(H2,15,17). The van der Waals surface area contributed by atoms with Crippen LogP contribution in [0.2, 0.25) is 0 Å². The van der Waals surface area contributed by atoms with Crippen LogP contribution in [0.25, 0.3) is 0 Å². The van der Waals surface area contributed by atoms with Crippen LogP contribution in [0.3, 0.4) is 0 Å². The molecule has 0 atom stereocenters. The van der Waals surface area contributed by atoms with Gasteiger partial charge in [-0.3, -0.25) is 0 Å². The van der Waals surface area contributed by atoms with Crippen LogP contribution in [0.1, 0.15) is 16.7 Å². The zero-order valence-electron chi connectivity index (χ0n) is 11.0. The normalized spacial score (nSPS) is 11.3. The van der Waals surface area contributed by atoms with Crippen LogP contribution < -0.4 is 11.1 Å². The number of nitrogens with zero attached hydrogens (tertiary/aromatic N) is 1. The van der Waals surface area contributed by atoms with Crippen molar-refractivity contribution in [3.8, 4) is 12.3 Å². The molecule has 1 aromatic rings. The van der Waals surface area contributed by atoms with Crippen molar-refractivity contribution >= 4 is 17.6 Å². The van der Waals surface area contributed by atoms with E-state index in [0.717, 1.165) is 35.7 Å². The minimum Gasteiger partial charge on any atom is -0.409 e. The van der Waals surface area contributed by atoms with Crippen LogP contribution in [-0.2, 0) is 6.54 Å². The van der Waals surface area contributed by atoms with Crippen LogP contribution in [-0.4, -0.2) is 29.1 Å². The van der Waals surface area contributed by atoms with Gasteiger partial charge in [-0.15, -0.1) is 18.2 Å². The molecule has 0 saturated carbocycles. The van der Waals surface area contributed by atoms with Crippen molar-refractivity contribution in [1.82, 2.24) is 5.32 Å². The number of aryl methyl sites for hydroxylation is 1. The molecule has 4 nitrogen and oxygen atoms in total. The van der Waals surface area contributed by atoms with E-state index in [1.165, 1.54) is 5.56 Å². The third kappa shape index (κ3) is 5.25. The number of thioether (sulfide) groups is 1. The summed E-state index contributed by atoms with van der Waals surface area (Å²) in [6.45, 7) is 3.74. The third-order valence-electron chi connectivity index (χ3n) is 2.67. The summed E-state index contributed by atoms with van der Waals surface area (Å²) in [5.41, 5.74) is 8.60. The predicted octanol–water partition coefficient (Wildman–Crippen LogP) is 1.55. The molecule has 1 aromatic carbocycles. The smallest absolute Gasteiger partial charge is 0.170 e. The van der Waals surface area contributed by atoms with E-state index in [0.29, 0.717) is 0 Å². The number of nitrogens with one attached hydrogen (secondary N) is 1. The average Bonchev–Trinajstić information content (AvgIpc) is 2.43. The van der Waals surface area contributed by atoms with Gasteiger partial charge in [0.2, 0.25) is 0 Å². The minimum absolute atomic E-state index is 0.133. The van der Waals surface area contributed by atoms with Crippen LogP contribution in [0.15, 0.2) is 23.4 Å². The Morgan fingerprint density at radius 2 is 2.37 bits per heavy atom. The number of benzene rings is 1. The molecule has 5 heteroatoms. The molecule has 0 saturated heterocycles. The molecule has 0 aliphatic heterocycles. The maximum Gasteiger partial charge on any atom is 0.170 e. The first-order valence-electron chi connectivity index (χ1n) is 5.98. The van der Waals surface area contributed by atoms with E-state index in [-0.39, 0.29) is 5.84 Å². The third-order valence-corrected chi connectivity index (χ3v) is 3.53. The molecule has 0 aliphatic rings. The van der Waals surface area contributed by atoms with Gasteiger partial charge >= 0.3 is 0 Å². The van der Waals surface area contributed by atoms with Gasteiger partial charge in [0.25, 0.3) is 0 Å². The van der Waals surface area contributed by atoms with E-state index >= 15 is 0 Å². The second-order valence-corrected chi connectivity index (χ2v) is 5.17. The number of oxime groups is 1.